The predicted octanol–water partition coefficient (Wildman–Crippen LogP) is 2.32. The van der Waals surface area contributed by atoms with Gasteiger partial charge >= 0.3 is 0 Å². The number of carbonyl (C=O) groups is 2. The molecule has 2 amide bonds. The average molecular weight is 304 g/mol. The molecule has 22 heavy (non-hydrogen) atoms. The summed E-state index contributed by atoms with van der Waals surface area (Å²) in [6.07, 6.45) is 4.44. The molecule has 1 aromatic rings. The van der Waals surface area contributed by atoms with E-state index in [1.807, 2.05) is 0 Å². The second kappa shape index (κ2) is 7.94. The molecule has 5 nitrogen and oxygen atoms in total. The normalized spacial score (nSPS) is 21.2. The molecule has 1 aromatic carbocycles. The first-order valence-corrected chi connectivity index (χ1v) is 7.95. The van der Waals surface area contributed by atoms with Crippen LogP contribution in [0.5, 0.6) is 0 Å². The average Bonchev–Trinajstić information content (AvgIpc) is 2.55. The van der Waals surface area contributed by atoms with Gasteiger partial charge in [-0.2, -0.15) is 0 Å². The highest BCUT2D eigenvalue weighted by Crippen LogP contribution is 2.24. The molecule has 1 fully saturated rings. The minimum atomic E-state index is -0.155. The quantitative estimate of drug-likeness (QED) is 0.781. The Kier molecular flexibility index (Phi) is 5.95. The van der Waals surface area contributed by atoms with Crippen LogP contribution in [0.2, 0.25) is 0 Å². The predicted molar refractivity (Wildman–Crippen MR) is 85.7 cm³/mol. The molecule has 0 saturated heterocycles. The van der Waals surface area contributed by atoms with Gasteiger partial charge in [0.1, 0.15) is 0 Å². The van der Waals surface area contributed by atoms with Crippen LogP contribution in [0.15, 0.2) is 24.3 Å². The molecule has 2 atom stereocenters. The Morgan fingerprint density at radius 3 is 2.77 bits per heavy atom. The maximum absolute atomic E-state index is 12.4. The van der Waals surface area contributed by atoms with Crippen molar-refractivity contribution in [2.24, 2.45) is 5.92 Å². The molecule has 1 aliphatic rings. The number of anilines is 1. The zero-order valence-electron chi connectivity index (χ0n) is 13.0. The summed E-state index contributed by atoms with van der Waals surface area (Å²) in [4.78, 5) is 23.8. The summed E-state index contributed by atoms with van der Waals surface area (Å²) in [6, 6.07) is 6.96. The van der Waals surface area contributed by atoms with E-state index in [2.05, 4.69) is 10.6 Å². The van der Waals surface area contributed by atoms with Gasteiger partial charge in [-0.05, 0) is 31.0 Å². The summed E-state index contributed by atoms with van der Waals surface area (Å²) in [5.74, 6) is -0.0937. The van der Waals surface area contributed by atoms with Gasteiger partial charge < -0.3 is 15.7 Å². The fourth-order valence-electron chi connectivity index (χ4n) is 2.86. The van der Waals surface area contributed by atoms with Crippen molar-refractivity contribution in [3.05, 3.63) is 29.8 Å². The highest BCUT2D eigenvalue weighted by atomic mass is 16.3. The van der Waals surface area contributed by atoms with E-state index in [0.29, 0.717) is 17.7 Å². The summed E-state index contributed by atoms with van der Waals surface area (Å²) in [6.45, 7) is 1.89. The van der Waals surface area contributed by atoms with E-state index < -0.39 is 0 Å². The lowest BCUT2D eigenvalue weighted by molar-refractivity contribution is -0.115. The molecule has 5 heteroatoms. The fraction of sp³-hybridized carbons (Fsp3) is 0.529. The van der Waals surface area contributed by atoms with Crippen molar-refractivity contribution in [2.75, 3.05) is 11.9 Å². The number of hydrogen-bond acceptors (Lipinski definition) is 3. The van der Waals surface area contributed by atoms with Crippen molar-refractivity contribution in [1.29, 1.82) is 0 Å². The lowest BCUT2D eigenvalue weighted by Crippen LogP contribution is -2.43. The molecule has 0 aromatic heterocycles. The van der Waals surface area contributed by atoms with Crippen molar-refractivity contribution < 1.29 is 14.7 Å². The van der Waals surface area contributed by atoms with Crippen LogP contribution in [-0.4, -0.2) is 29.6 Å². The third-order valence-corrected chi connectivity index (χ3v) is 4.19. The van der Waals surface area contributed by atoms with Crippen molar-refractivity contribution in [3.63, 3.8) is 0 Å². The van der Waals surface area contributed by atoms with E-state index in [1.165, 1.54) is 0 Å². The van der Waals surface area contributed by atoms with Gasteiger partial charge in [0, 0.05) is 36.2 Å². The number of nitrogens with one attached hydrogen (secondary N) is 2. The molecular formula is C17H24N2O3. The highest BCUT2D eigenvalue weighted by Gasteiger charge is 2.26. The first-order valence-electron chi connectivity index (χ1n) is 7.95. The lowest BCUT2D eigenvalue weighted by Gasteiger charge is -2.30. The molecule has 2 rings (SSSR count). The molecule has 0 radical (unpaired) electrons. The molecular weight excluding hydrogens is 280 g/mol. The van der Waals surface area contributed by atoms with Crippen molar-refractivity contribution in [3.8, 4) is 0 Å². The van der Waals surface area contributed by atoms with Crippen LogP contribution in [0.3, 0.4) is 0 Å². The van der Waals surface area contributed by atoms with E-state index in [4.69, 9.17) is 0 Å². The van der Waals surface area contributed by atoms with Crippen LogP contribution in [0.25, 0.3) is 0 Å². The zero-order chi connectivity index (χ0) is 15.9. The van der Waals surface area contributed by atoms with Gasteiger partial charge in [0.2, 0.25) is 5.91 Å². The maximum atomic E-state index is 12.4. The van der Waals surface area contributed by atoms with Crippen molar-refractivity contribution >= 4 is 17.5 Å². The smallest absolute Gasteiger partial charge is 0.251 e. The number of amides is 2. The second-order valence-electron chi connectivity index (χ2n) is 5.79. The number of aliphatic hydroxyl groups is 1. The summed E-state index contributed by atoms with van der Waals surface area (Å²) in [5, 5.41) is 15.2. The third-order valence-electron chi connectivity index (χ3n) is 4.19. The monoisotopic (exact) mass is 304 g/mol. The number of rotatable bonds is 5. The minimum Gasteiger partial charge on any atom is -0.396 e. The van der Waals surface area contributed by atoms with Crippen LogP contribution >= 0.6 is 0 Å². The van der Waals surface area contributed by atoms with Gasteiger partial charge in [-0.3, -0.25) is 9.59 Å². The Hall–Kier alpha value is -1.88. The Bertz CT molecular complexity index is 530. The van der Waals surface area contributed by atoms with Crippen LogP contribution in [0.4, 0.5) is 5.69 Å². The standard InChI is InChI=1S/C17H24N2O3/c1-2-16(21)18-14-8-5-7-12(10-14)17(22)19-15-9-4-3-6-13(15)11-20/h5,7-8,10,13,15,20H,2-4,6,9,11H2,1H3,(H,18,21)(H,19,22). The van der Waals surface area contributed by atoms with Gasteiger partial charge in [0.15, 0.2) is 0 Å². The van der Waals surface area contributed by atoms with E-state index in [9.17, 15) is 14.7 Å². The van der Waals surface area contributed by atoms with Gasteiger partial charge in [-0.1, -0.05) is 25.8 Å². The number of hydrogen-bond donors (Lipinski definition) is 3. The van der Waals surface area contributed by atoms with E-state index >= 15 is 0 Å². The van der Waals surface area contributed by atoms with Crippen LogP contribution < -0.4 is 10.6 Å². The largest absolute Gasteiger partial charge is 0.396 e. The Balaban J connectivity index is 2.02. The van der Waals surface area contributed by atoms with E-state index in [-0.39, 0.29) is 30.4 Å². The summed E-state index contributed by atoms with van der Waals surface area (Å²) in [5.41, 5.74) is 1.15. The van der Waals surface area contributed by atoms with Crippen LogP contribution in [0, 0.1) is 5.92 Å². The Morgan fingerprint density at radius 2 is 2.05 bits per heavy atom. The van der Waals surface area contributed by atoms with Gasteiger partial charge in [-0.25, -0.2) is 0 Å². The lowest BCUT2D eigenvalue weighted by atomic mass is 9.85. The summed E-state index contributed by atoms with van der Waals surface area (Å²) in [7, 11) is 0. The number of benzene rings is 1. The molecule has 0 aliphatic heterocycles. The molecule has 0 bridgehead atoms. The SMILES string of the molecule is CCC(=O)Nc1cccc(C(=O)NC2CCCCC2CO)c1. The zero-order valence-corrected chi connectivity index (χ0v) is 13.0. The molecule has 1 saturated carbocycles. The van der Waals surface area contributed by atoms with Crippen LogP contribution in [-0.2, 0) is 4.79 Å². The van der Waals surface area contributed by atoms with Gasteiger partial charge in [0.25, 0.3) is 5.91 Å². The van der Waals surface area contributed by atoms with Crippen molar-refractivity contribution in [1.82, 2.24) is 5.32 Å². The number of carbonyl (C=O) groups excluding carboxylic acids is 2. The summed E-state index contributed by atoms with van der Waals surface area (Å²) >= 11 is 0. The molecule has 120 valence electrons. The van der Waals surface area contributed by atoms with Crippen molar-refractivity contribution in [2.45, 2.75) is 45.1 Å². The van der Waals surface area contributed by atoms with E-state index in [1.54, 1.807) is 31.2 Å². The molecule has 1 aliphatic carbocycles. The fourth-order valence-corrected chi connectivity index (χ4v) is 2.86. The molecule has 0 spiro atoms. The second-order valence-corrected chi connectivity index (χ2v) is 5.79. The topological polar surface area (TPSA) is 78.4 Å². The minimum absolute atomic E-state index is 0.0279. The molecule has 3 N–H and O–H groups in total. The third kappa shape index (κ3) is 4.31. The Labute approximate surface area is 131 Å². The van der Waals surface area contributed by atoms with Crippen LogP contribution in [0.1, 0.15) is 49.4 Å². The van der Waals surface area contributed by atoms with Gasteiger partial charge in [-0.15, -0.1) is 0 Å². The van der Waals surface area contributed by atoms with Gasteiger partial charge in [0.05, 0.1) is 0 Å². The number of aliphatic hydroxyl groups excluding tert-OH is 1. The summed E-state index contributed by atoms with van der Waals surface area (Å²) < 4.78 is 0. The molecule has 0 heterocycles. The molecule has 2 unspecified atom stereocenters. The highest BCUT2D eigenvalue weighted by molar-refractivity contribution is 5.97. The first-order chi connectivity index (χ1) is 10.6. The maximum Gasteiger partial charge on any atom is 0.251 e. The van der Waals surface area contributed by atoms with E-state index in [0.717, 1.165) is 25.7 Å². The first kappa shape index (κ1) is 16.5. The Morgan fingerprint density at radius 1 is 1.27 bits per heavy atom.